The molecule has 1 saturated heterocycles. The number of hydrogen-bond donors (Lipinski definition) is 0. The Morgan fingerprint density at radius 2 is 1.89 bits per heavy atom. The van der Waals surface area contributed by atoms with Crippen molar-refractivity contribution in [1.82, 2.24) is 24.3 Å². The van der Waals surface area contributed by atoms with Crippen LogP contribution in [-0.2, 0) is 11.2 Å². The molecule has 0 spiro atoms. The summed E-state index contributed by atoms with van der Waals surface area (Å²) in [5.74, 6) is 1.09. The van der Waals surface area contributed by atoms with E-state index in [1.54, 1.807) is 0 Å². The molecule has 6 nitrogen and oxygen atoms in total. The molecule has 1 aromatic heterocycles. The van der Waals surface area contributed by atoms with E-state index in [9.17, 15) is 4.79 Å². The maximum atomic E-state index is 13.7. The lowest BCUT2D eigenvalue weighted by Crippen LogP contribution is -2.51. The van der Waals surface area contributed by atoms with Crippen LogP contribution in [0.15, 0.2) is 6.33 Å². The number of piperidine rings is 1. The van der Waals surface area contributed by atoms with Crippen molar-refractivity contribution in [3.63, 3.8) is 0 Å². The molecular formula is C21H35N5O. The lowest BCUT2D eigenvalue weighted by atomic mass is 9.97. The molecule has 3 heterocycles. The third-order valence-corrected chi connectivity index (χ3v) is 6.66. The molecule has 0 bridgehead atoms. The van der Waals surface area contributed by atoms with Crippen molar-refractivity contribution >= 4 is 5.91 Å². The summed E-state index contributed by atoms with van der Waals surface area (Å²) in [5.41, 5.74) is 2.30. The molecule has 1 atom stereocenters. The third-order valence-electron chi connectivity index (χ3n) is 6.66. The van der Waals surface area contributed by atoms with Crippen molar-refractivity contribution in [2.75, 3.05) is 40.3 Å². The molecule has 2 fully saturated rings. The van der Waals surface area contributed by atoms with Gasteiger partial charge < -0.3 is 14.4 Å². The normalized spacial score (nSPS) is 24.7. The largest absolute Gasteiger partial charge is 0.341 e. The SMILES string of the molecule is CC(C)n1cnc2c1[C@H](C(=O)N1CCC(N(C)C)CC1)N(CC1CC1)CC2. The van der Waals surface area contributed by atoms with Gasteiger partial charge in [0.1, 0.15) is 6.04 Å². The lowest BCUT2D eigenvalue weighted by molar-refractivity contribution is -0.139. The highest BCUT2D eigenvalue weighted by Crippen LogP contribution is 2.38. The van der Waals surface area contributed by atoms with Gasteiger partial charge in [0.15, 0.2) is 0 Å². The second kappa shape index (κ2) is 7.55. The minimum absolute atomic E-state index is 0.143. The highest BCUT2D eigenvalue weighted by molar-refractivity contribution is 5.83. The first-order valence-corrected chi connectivity index (χ1v) is 10.7. The second-order valence-electron chi connectivity index (χ2n) is 9.19. The van der Waals surface area contributed by atoms with E-state index in [0.717, 1.165) is 62.7 Å². The molecule has 150 valence electrons. The Morgan fingerprint density at radius 1 is 1.19 bits per heavy atom. The van der Waals surface area contributed by atoms with Gasteiger partial charge >= 0.3 is 0 Å². The molecule has 6 heteroatoms. The summed E-state index contributed by atoms with van der Waals surface area (Å²) in [6, 6.07) is 0.784. The van der Waals surface area contributed by atoms with Gasteiger partial charge in [0, 0.05) is 44.7 Å². The van der Waals surface area contributed by atoms with Crippen LogP contribution in [0.25, 0.3) is 0 Å². The molecular weight excluding hydrogens is 338 g/mol. The van der Waals surface area contributed by atoms with Crippen LogP contribution in [0.2, 0.25) is 0 Å². The number of likely N-dealkylation sites (tertiary alicyclic amines) is 1. The number of nitrogens with zero attached hydrogens (tertiary/aromatic N) is 5. The first-order chi connectivity index (χ1) is 13.0. The van der Waals surface area contributed by atoms with Gasteiger partial charge in [-0.15, -0.1) is 0 Å². The maximum Gasteiger partial charge on any atom is 0.246 e. The first kappa shape index (κ1) is 18.9. The molecule has 27 heavy (non-hydrogen) atoms. The molecule has 0 unspecified atom stereocenters. The van der Waals surface area contributed by atoms with Crippen LogP contribution in [0.3, 0.4) is 0 Å². The average Bonchev–Trinajstić information content (AvgIpc) is 3.36. The van der Waals surface area contributed by atoms with E-state index in [1.807, 2.05) is 6.33 Å². The highest BCUT2D eigenvalue weighted by Gasteiger charge is 2.41. The molecule has 0 aromatic carbocycles. The highest BCUT2D eigenvalue weighted by atomic mass is 16.2. The van der Waals surface area contributed by atoms with E-state index in [2.05, 4.69) is 52.2 Å². The standard InChI is InChI=1S/C21H35N5O/c1-15(2)26-14-22-18-9-12-25(13-16-5-6-16)20(19(18)26)21(27)24-10-7-17(8-11-24)23(3)4/h14-17,20H,5-13H2,1-4H3/t20-/m1/s1. The van der Waals surface area contributed by atoms with Gasteiger partial charge in [-0.25, -0.2) is 4.98 Å². The van der Waals surface area contributed by atoms with Gasteiger partial charge in [-0.1, -0.05) is 0 Å². The third kappa shape index (κ3) is 3.79. The summed E-state index contributed by atoms with van der Waals surface area (Å²) < 4.78 is 2.24. The Bertz CT molecular complexity index is 670. The molecule has 4 rings (SSSR count). The van der Waals surface area contributed by atoms with Crippen LogP contribution in [0.4, 0.5) is 0 Å². The molecule has 1 saturated carbocycles. The molecule has 0 radical (unpaired) electrons. The first-order valence-electron chi connectivity index (χ1n) is 10.7. The zero-order chi connectivity index (χ0) is 19.1. The molecule has 1 aromatic rings. The number of rotatable bonds is 5. The van der Waals surface area contributed by atoms with Crippen LogP contribution in [0, 0.1) is 5.92 Å². The quantitative estimate of drug-likeness (QED) is 0.795. The number of aromatic nitrogens is 2. The Morgan fingerprint density at radius 3 is 2.48 bits per heavy atom. The van der Waals surface area contributed by atoms with Gasteiger partial charge in [-0.2, -0.15) is 0 Å². The fourth-order valence-corrected chi connectivity index (χ4v) is 4.74. The molecule has 1 aliphatic carbocycles. The number of carbonyl (C=O) groups excluding carboxylic acids is 1. The van der Waals surface area contributed by atoms with Crippen LogP contribution in [-0.4, -0.2) is 76.5 Å². The van der Waals surface area contributed by atoms with Crippen LogP contribution in [0.5, 0.6) is 0 Å². The van der Waals surface area contributed by atoms with Crippen molar-refractivity contribution in [3.05, 3.63) is 17.7 Å². The number of carbonyl (C=O) groups is 1. The monoisotopic (exact) mass is 373 g/mol. The molecule has 2 aliphatic heterocycles. The van der Waals surface area contributed by atoms with E-state index in [4.69, 9.17) is 0 Å². The fourth-order valence-electron chi connectivity index (χ4n) is 4.74. The predicted octanol–water partition coefficient (Wildman–Crippen LogP) is 2.33. The zero-order valence-corrected chi connectivity index (χ0v) is 17.4. The summed E-state index contributed by atoms with van der Waals surface area (Å²) in [6.45, 7) is 8.15. The van der Waals surface area contributed by atoms with E-state index in [0.29, 0.717) is 18.0 Å². The van der Waals surface area contributed by atoms with Gasteiger partial charge in [-0.3, -0.25) is 9.69 Å². The fraction of sp³-hybridized carbons (Fsp3) is 0.810. The summed E-state index contributed by atoms with van der Waals surface area (Å²) in [7, 11) is 4.29. The maximum absolute atomic E-state index is 13.7. The van der Waals surface area contributed by atoms with Crippen LogP contribution < -0.4 is 0 Å². The summed E-state index contributed by atoms with van der Waals surface area (Å²) in [4.78, 5) is 25.3. The number of amides is 1. The van der Waals surface area contributed by atoms with E-state index < -0.39 is 0 Å². The average molecular weight is 374 g/mol. The number of imidazole rings is 1. The van der Waals surface area contributed by atoms with Crippen molar-refractivity contribution in [3.8, 4) is 0 Å². The van der Waals surface area contributed by atoms with E-state index in [1.165, 1.54) is 12.8 Å². The zero-order valence-electron chi connectivity index (χ0n) is 17.4. The van der Waals surface area contributed by atoms with Gasteiger partial charge in [0.25, 0.3) is 0 Å². The second-order valence-corrected chi connectivity index (χ2v) is 9.19. The smallest absolute Gasteiger partial charge is 0.246 e. The van der Waals surface area contributed by atoms with Crippen molar-refractivity contribution in [2.45, 2.75) is 64.1 Å². The van der Waals surface area contributed by atoms with E-state index in [-0.39, 0.29) is 6.04 Å². The van der Waals surface area contributed by atoms with Gasteiger partial charge in [0.2, 0.25) is 5.91 Å². The Kier molecular flexibility index (Phi) is 5.30. The number of hydrogen-bond acceptors (Lipinski definition) is 4. The molecule has 0 N–H and O–H groups in total. The topological polar surface area (TPSA) is 44.6 Å². The Labute approximate surface area is 163 Å². The summed E-state index contributed by atoms with van der Waals surface area (Å²) >= 11 is 0. The van der Waals surface area contributed by atoms with Crippen molar-refractivity contribution < 1.29 is 4.79 Å². The minimum Gasteiger partial charge on any atom is -0.341 e. The molecule has 3 aliphatic rings. The van der Waals surface area contributed by atoms with Crippen molar-refractivity contribution in [2.24, 2.45) is 5.92 Å². The van der Waals surface area contributed by atoms with Crippen LogP contribution in [0.1, 0.15) is 63.0 Å². The molecule has 1 amide bonds. The van der Waals surface area contributed by atoms with E-state index >= 15 is 0 Å². The predicted molar refractivity (Wildman–Crippen MR) is 107 cm³/mol. The summed E-state index contributed by atoms with van der Waals surface area (Å²) in [5, 5.41) is 0. The minimum atomic E-state index is -0.143. The summed E-state index contributed by atoms with van der Waals surface area (Å²) in [6.07, 6.45) is 7.71. The van der Waals surface area contributed by atoms with Crippen LogP contribution >= 0.6 is 0 Å². The Balaban J connectivity index is 1.59. The van der Waals surface area contributed by atoms with Gasteiger partial charge in [-0.05, 0) is 59.5 Å². The van der Waals surface area contributed by atoms with Crippen molar-refractivity contribution in [1.29, 1.82) is 0 Å². The lowest BCUT2D eigenvalue weighted by Gasteiger charge is -2.41. The number of fused-ring (bicyclic) bond motifs is 1. The Hall–Kier alpha value is -1.40. The van der Waals surface area contributed by atoms with Gasteiger partial charge in [0.05, 0.1) is 17.7 Å².